The second-order valence-electron chi connectivity index (χ2n) is 5.12. The smallest absolute Gasteiger partial charge is 0.352 e. The zero-order chi connectivity index (χ0) is 15.8. The molecule has 0 spiro atoms. The van der Waals surface area contributed by atoms with Gasteiger partial charge in [0.25, 0.3) is 0 Å². The Labute approximate surface area is 123 Å². The molecule has 0 aliphatic heterocycles. The lowest BCUT2D eigenvalue weighted by Gasteiger charge is -2.09. The molecule has 1 heterocycles. The van der Waals surface area contributed by atoms with E-state index < -0.39 is 5.97 Å². The molecule has 21 heavy (non-hydrogen) atoms. The van der Waals surface area contributed by atoms with Gasteiger partial charge in [0, 0.05) is 25.7 Å². The molecule has 0 unspecified atom stereocenters. The number of nitrogens with one attached hydrogen (secondary N) is 2. The first-order valence-corrected chi connectivity index (χ1v) is 6.82. The molecule has 3 N–H and O–H groups in total. The molecule has 0 fully saturated rings. The third-order valence-corrected chi connectivity index (χ3v) is 2.74. The first-order chi connectivity index (χ1) is 9.90. The van der Waals surface area contributed by atoms with Crippen LogP contribution in [0.15, 0.2) is 18.3 Å². The van der Waals surface area contributed by atoms with Crippen LogP contribution in [0.4, 0.5) is 0 Å². The van der Waals surface area contributed by atoms with Crippen molar-refractivity contribution in [3.63, 3.8) is 0 Å². The van der Waals surface area contributed by atoms with Gasteiger partial charge in [0.05, 0.1) is 0 Å². The fourth-order valence-corrected chi connectivity index (χ4v) is 1.68. The number of aromatic carboxylic acids is 1. The number of carbonyl (C=O) groups is 3. The van der Waals surface area contributed by atoms with Crippen LogP contribution in [0, 0.1) is 5.92 Å². The largest absolute Gasteiger partial charge is 0.477 e. The van der Waals surface area contributed by atoms with E-state index in [1.165, 1.54) is 16.8 Å². The molecule has 0 atom stereocenters. The fraction of sp³-hybridized carbons (Fsp3) is 0.500. The van der Waals surface area contributed by atoms with Crippen molar-refractivity contribution in [2.75, 3.05) is 13.1 Å². The summed E-state index contributed by atoms with van der Waals surface area (Å²) in [7, 11) is 0. The second kappa shape index (κ2) is 8.08. The van der Waals surface area contributed by atoms with Crippen molar-refractivity contribution in [1.29, 1.82) is 0 Å². The van der Waals surface area contributed by atoms with Crippen LogP contribution in [0.5, 0.6) is 0 Å². The van der Waals surface area contributed by atoms with Gasteiger partial charge in [-0.15, -0.1) is 0 Å². The third kappa shape index (κ3) is 6.11. The molecule has 2 amide bonds. The second-order valence-corrected chi connectivity index (χ2v) is 5.12. The van der Waals surface area contributed by atoms with Crippen LogP contribution in [0.25, 0.3) is 0 Å². The van der Waals surface area contributed by atoms with Crippen LogP contribution in [0.3, 0.4) is 0 Å². The number of amides is 2. The minimum atomic E-state index is -1.08. The van der Waals surface area contributed by atoms with Crippen molar-refractivity contribution in [3.8, 4) is 0 Å². The Morgan fingerprint density at radius 3 is 2.57 bits per heavy atom. The summed E-state index contributed by atoms with van der Waals surface area (Å²) in [6, 6.07) is 2.99. The van der Waals surface area contributed by atoms with E-state index in [0.717, 1.165) is 0 Å². The lowest BCUT2D eigenvalue weighted by atomic mass is 10.2. The molecule has 1 rings (SSSR count). The van der Waals surface area contributed by atoms with Gasteiger partial charge in [-0.05, 0) is 18.1 Å². The first-order valence-electron chi connectivity index (χ1n) is 6.82. The van der Waals surface area contributed by atoms with Crippen LogP contribution in [-0.2, 0) is 16.1 Å². The van der Waals surface area contributed by atoms with Gasteiger partial charge in [-0.25, -0.2) is 4.79 Å². The van der Waals surface area contributed by atoms with Crippen molar-refractivity contribution in [3.05, 3.63) is 24.0 Å². The molecule has 7 nitrogen and oxygen atoms in total. The number of nitrogens with zero attached hydrogens (tertiary/aromatic N) is 1. The zero-order valence-electron chi connectivity index (χ0n) is 12.3. The predicted octanol–water partition coefficient (Wildman–Crippen LogP) is 0.465. The maximum Gasteiger partial charge on any atom is 0.352 e. The van der Waals surface area contributed by atoms with Gasteiger partial charge < -0.3 is 20.3 Å². The van der Waals surface area contributed by atoms with Crippen molar-refractivity contribution >= 4 is 17.8 Å². The van der Waals surface area contributed by atoms with E-state index in [1.807, 2.05) is 13.8 Å². The summed E-state index contributed by atoms with van der Waals surface area (Å²) in [5.41, 5.74) is 0.0554. The van der Waals surface area contributed by atoms with Gasteiger partial charge in [0.2, 0.25) is 11.8 Å². The Hall–Kier alpha value is -2.31. The van der Waals surface area contributed by atoms with Gasteiger partial charge >= 0.3 is 5.97 Å². The highest BCUT2D eigenvalue weighted by Crippen LogP contribution is 2.01. The normalized spacial score (nSPS) is 10.4. The zero-order valence-corrected chi connectivity index (χ0v) is 12.3. The minimum Gasteiger partial charge on any atom is -0.477 e. The van der Waals surface area contributed by atoms with Crippen LogP contribution >= 0.6 is 0 Å². The molecule has 0 saturated carbocycles. The van der Waals surface area contributed by atoms with E-state index in [0.29, 0.717) is 12.5 Å². The van der Waals surface area contributed by atoms with E-state index in [-0.39, 0.29) is 37.0 Å². The molecule has 0 saturated heterocycles. The Bertz CT molecular complexity index is 508. The average molecular weight is 295 g/mol. The van der Waals surface area contributed by atoms with Crippen LogP contribution in [0.1, 0.15) is 30.8 Å². The van der Waals surface area contributed by atoms with Crippen molar-refractivity contribution < 1.29 is 19.5 Å². The minimum absolute atomic E-state index is 0.0554. The van der Waals surface area contributed by atoms with Crippen molar-refractivity contribution in [1.82, 2.24) is 15.2 Å². The van der Waals surface area contributed by atoms with E-state index in [4.69, 9.17) is 5.11 Å². The Morgan fingerprint density at radius 1 is 1.24 bits per heavy atom. The van der Waals surface area contributed by atoms with Crippen molar-refractivity contribution in [2.45, 2.75) is 26.8 Å². The lowest BCUT2D eigenvalue weighted by Crippen LogP contribution is -2.34. The number of aromatic nitrogens is 1. The van der Waals surface area contributed by atoms with Gasteiger partial charge in [0.15, 0.2) is 0 Å². The number of hydrogen-bond donors (Lipinski definition) is 3. The highest BCUT2D eigenvalue weighted by molar-refractivity contribution is 5.87. The number of carboxylic acid groups (broad SMARTS) is 1. The summed E-state index contributed by atoms with van der Waals surface area (Å²) >= 11 is 0. The fourth-order valence-electron chi connectivity index (χ4n) is 1.68. The summed E-state index contributed by atoms with van der Waals surface area (Å²) in [6.07, 6.45) is 1.73. The molecular formula is C14H21N3O4. The molecule has 0 aliphatic rings. The van der Waals surface area contributed by atoms with E-state index in [1.54, 1.807) is 6.07 Å². The SMILES string of the molecule is CC(C)CNC(=O)CCNC(=O)Cn1cccc1C(=O)O. The van der Waals surface area contributed by atoms with E-state index in [9.17, 15) is 14.4 Å². The summed E-state index contributed by atoms with van der Waals surface area (Å²) in [5.74, 6) is -1.14. The summed E-state index contributed by atoms with van der Waals surface area (Å²) < 4.78 is 1.34. The Morgan fingerprint density at radius 2 is 1.95 bits per heavy atom. The summed E-state index contributed by atoms with van der Waals surface area (Å²) in [6.45, 7) is 4.76. The average Bonchev–Trinajstić information content (AvgIpc) is 2.84. The van der Waals surface area contributed by atoms with Crippen LogP contribution in [0.2, 0.25) is 0 Å². The number of hydrogen-bond acceptors (Lipinski definition) is 3. The molecule has 0 radical (unpaired) electrons. The summed E-state index contributed by atoms with van der Waals surface area (Å²) in [4.78, 5) is 34.0. The van der Waals surface area contributed by atoms with Gasteiger partial charge in [-0.2, -0.15) is 0 Å². The van der Waals surface area contributed by atoms with E-state index >= 15 is 0 Å². The van der Waals surface area contributed by atoms with Crippen LogP contribution in [-0.4, -0.2) is 40.5 Å². The molecular weight excluding hydrogens is 274 g/mol. The Balaban J connectivity index is 2.30. The highest BCUT2D eigenvalue weighted by atomic mass is 16.4. The van der Waals surface area contributed by atoms with Gasteiger partial charge in [-0.1, -0.05) is 13.8 Å². The van der Waals surface area contributed by atoms with Gasteiger partial charge in [-0.3, -0.25) is 9.59 Å². The quantitative estimate of drug-likeness (QED) is 0.649. The molecule has 0 aromatic carbocycles. The monoisotopic (exact) mass is 295 g/mol. The number of carbonyl (C=O) groups excluding carboxylic acids is 2. The molecule has 0 aliphatic carbocycles. The molecule has 7 heteroatoms. The number of carboxylic acids is 1. The summed E-state index contributed by atoms with van der Waals surface area (Å²) in [5, 5.41) is 14.3. The molecule has 116 valence electrons. The topological polar surface area (TPSA) is 100 Å². The molecule has 1 aromatic rings. The highest BCUT2D eigenvalue weighted by Gasteiger charge is 2.11. The first kappa shape index (κ1) is 16.7. The third-order valence-electron chi connectivity index (χ3n) is 2.74. The van der Waals surface area contributed by atoms with E-state index in [2.05, 4.69) is 10.6 Å². The predicted molar refractivity (Wildman–Crippen MR) is 76.9 cm³/mol. The standard InChI is InChI=1S/C14H21N3O4/c1-10(2)8-16-12(18)5-6-15-13(19)9-17-7-3-4-11(17)14(20)21/h3-4,7,10H,5-6,8-9H2,1-2H3,(H,15,19)(H,16,18)(H,20,21). The molecule has 1 aromatic heterocycles. The van der Waals surface area contributed by atoms with Gasteiger partial charge in [0.1, 0.15) is 12.2 Å². The lowest BCUT2D eigenvalue weighted by molar-refractivity contribution is -0.122. The Kier molecular flexibility index (Phi) is 6.45. The maximum absolute atomic E-state index is 11.7. The van der Waals surface area contributed by atoms with Crippen LogP contribution < -0.4 is 10.6 Å². The maximum atomic E-state index is 11.7. The number of rotatable bonds is 8. The van der Waals surface area contributed by atoms with Crippen molar-refractivity contribution in [2.24, 2.45) is 5.92 Å². The molecule has 0 bridgehead atoms.